The molecule has 1 aromatic heterocycles. The number of nitrogens with zero attached hydrogens (tertiary/aromatic N) is 2. The summed E-state index contributed by atoms with van der Waals surface area (Å²) in [5.74, 6) is 1.88. The summed E-state index contributed by atoms with van der Waals surface area (Å²) < 4.78 is 5.38. The van der Waals surface area contributed by atoms with E-state index in [2.05, 4.69) is 22.1 Å². The molecule has 0 spiro atoms. The number of nitrogens with one attached hydrogen (secondary N) is 2. The first-order valence-electron chi connectivity index (χ1n) is 10.3. The van der Waals surface area contributed by atoms with Crippen LogP contribution in [0.5, 0.6) is 0 Å². The summed E-state index contributed by atoms with van der Waals surface area (Å²) in [5.41, 5.74) is 0. The Kier molecular flexibility index (Phi) is 7.62. The van der Waals surface area contributed by atoms with E-state index in [1.165, 1.54) is 58.0 Å². The summed E-state index contributed by atoms with van der Waals surface area (Å²) in [5, 5.41) is 6.98. The van der Waals surface area contributed by atoms with Crippen LogP contribution in [-0.2, 0) is 6.42 Å². The number of likely N-dealkylation sites (tertiary alicyclic amines) is 1. The van der Waals surface area contributed by atoms with Gasteiger partial charge in [0.25, 0.3) is 0 Å². The second-order valence-electron chi connectivity index (χ2n) is 7.48. The molecule has 2 heterocycles. The molecule has 0 atom stereocenters. The number of piperidine rings is 1. The first-order valence-corrected chi connectivity index (χ1v) is 10.3. The number of hydrogen-bond donors (Lipinski definition) is 2. The summed E-state index contributed by atoms with van der Waals surface area (Å²) in [6.45, 7) is 7.67. The summed E-state index contributed by atoms with van der Waals surface area (Å²) in [4.78, 5) is 7.44. The highest BCUT2D eigenvalue weighted by atomic mass is 16.3. The Balaban J connectivity index is 1.44. The Morgan fingerprint density at radius 2 is 2.04 bits per heavy atom. The smallest absolute Gasteiger partial charge is 0.191 e. The van der Waals surface area contributed by atoms with Crippen molar-refractivity contribution in [1.82, 2.24) is 15.5 Å². The highest BCUT2D eigenvalue weighted by Crippen LogP contribution is 2.25. The molecule has 26 heavy (non-hydrogen) atoms. The quantitative estimate of drug-likeness (QED) is 0.446. The molecule has 2 fully saturated rings. The van der Waals surface area contributed by atoms with Gasteiger partial charge in [0, 0.05) is 44.7 Å². The molecule has 1 aromatic rings. The van der Waals surface area contributed by atoms with Crippen LogP contribution in [-0.4, -0.2) is 49.1 Å². The van der Waals surface area contributed by atoms with E-state index in [4.69, 9.17) is 9.41 Å². The van der Waals surface area contributed by atoms with Crippen LogP contribution in [0, 0.1) is 0 Å². The highest BCUT2D eigenvalue weighted by molar-refractivity contribution is 5.80. The minimum Gasteiger partial charge on any atom is -0.469 e. The molecular weight excluding hydrogens is 324 g/mol. The molecule has 1 saturated heterocycles. The summed E-state index contributed by atoms with van der Waals surface area (Å²) >= 11 is 0. The van der Waals surface area contributed by atoms with Crippen LogP contribution in [0.25, 0.3) is 0 Å². The molecule has 0 unspecified atom stereocenters. The van der Waals surface area contributed by atoms with Gasteiger partial charge in [0.1, 0.15) is 5.76 Å². The number of aliphatic imine (C=N–C) groups is 1. The minimum atomic E-state index is 0.509. The van der Waals surface area contributed by atoms with Crippen LogP contribution in [0.1, 0.15) is 50.7 Å². The summed E-state index contributed by atoms with van der Waals surface area (Å²) in [7, 11) is 0. The second kappa shape index (κ2) is 10.4. The largest absolute Gasteiger partial charge is 0.469 e. The molecule has 144 valence electrons. The Bertz CT molecular complexity index is 540. The van der Waals surface area contributed by atoms with Gasteiger partial charge in [-0.15, -0.1) is 6.58 Å². The number of hydrogen-bond acceptors (Lipinski definition) is 3. The van der Waals surface area contributed by atoms with Crippen LogP contribution < -0.4 is 10.6 Å². The van der Waals surface area contributed by atoms with Gasteiger partial charge in [-0.25, -0.2) is 0 Å². The fourth-order valence-electron chi connectivity index (χ4n) is 4.10. The fourth-order valence-corrected chi connectivity index (χ4v) is 4.10. The van der Waals surface area contributed by atoms with E-state index in [0.29, 0.717) is 6.04 Å². The van der Waals surface area contributed by atoms with E-state index in [-0.39, 0.29) is 0 Å². The lowest BCUT2D eigenvalue weighted by Gasteiger charge is -2.39. The van der Waals surface area contributed by atoms with Gasteiger partial charge in [-0.3, -0.25) is 4.99 Å². The third-order valence-corrected chi connectivity index (χ3v) is 5.58. The van der Waals surface area contributed by atoms with Crippen molar-refractivity contribution >= 4 is 5.96 Å². The van der Waals surface area contributed by atoms with Crippen molar-refractivity contribution in [2.45, 2.75) is 63.5 Å². The van der Waals surface area contributed by atoms with Crippen LogP contribution in [0.2, 0.25) is 0 Å². The van der Waals surface area contributed by atoms with E-state index in [1.54, 1.807) is 6.26 Å². The Labute approximate surface area is 157 Å². The third-order valence-electron chi connectivity index (χ3n) is 5.58. The van der Waals surface area contributed by atoms with Crippen LogP contribution in [0.4, 0.5) is 0 Å². The molecule has 0 amide bonds. The van der Waals surface area contributed by atoms with Gasteiger partial charge in [0.15, 0.2) is 5.96 Å². The fraction of sp³-hybridized carbons (Fsp3) is 0.667. The maximum atomic E-state index is 5.38. The standard InChI is InChI=1S/C21H34N4O/c1-2-13-22-21(23-14-10-20-9-6-17-26-20)24-18-11-15-25(16-12-18)19-7-4-3-5-8-19/h2,6,9,17-19H,1,3-5,7-8,10-16H2,(H2,22,23,24). The van der Waals surface area contributed by atoms with E-state index < -0.39 is 0 Å². The zero-order chi connectivity index (χ0) is 18.0. The zero-order valence-corrected chi connectivity index (χ0v) is 16.0. The van der Waals surface area contributed by atoms with Crippen molar-refractivity contribution in [3.63, 3.8) is 0 Å². The molecule has 1 saturated carbocycles. The highest BCUT2D eigenvalue weighted by Gasteiger charge is 2.26. The monoisotopic (exact) mass is 358 g/mol. The number of rotatable bonds is 7. The van der Waals surface area contributed by atoms with Crippen LogP contribution in [0.3, 0.4) is 0 Å². The van der Waals surface area contributed by atoms with E-state index in [0.717, 1.165) is 37.3 Å². The molecule has 3 rings (SSSR count). The van der Waals surface area contributed by atoms with Gasteiger partial charge in [-0.2, -0.15) is 0 Å². The normalized spacial score (nSPS) is 20.8. The lowest BCUT2D eigenvalue weighted by Crippen LogP contribution is -2.51. The van der Waals surface area contributed by atoms with Gasteiger partial charge in [0.2, 0.25) is 0 Å². The van der Waals surface area contributed by atoms with Crippen molar-refractivity contribution in [3.8, 4) is 0 Å². The topological polar surface area (TPSA) is 52.8 Å². The Morgan fingerprint density at radius 3 is 2.73 bits per heavy atom. The van der Waals surface area contributed by atoms with Gasteiger partial charge in [-0.1, -0.05) is 25.3 Å². The maximum Gasteiger partial charge on any atom is 0.191 e. The molecule has 2 N–H and O–H groups in total. The summed E-state index contributed by atoms with van der Waals surface area (Å²) in [6, 6.07) is 5.27. The predicted octanol–water partition coefficient (Wildman–Crippen LogP) is 3.34. The van der Waals surface area contributed by atoms with Crippen molar-refractivity contribution in [2.75, 3.05) is 26.2 Å². The maximum absolute atomic E-state index is 5.38. The second-order valence-corrected chi connectivity index (χ2v) is 7.48. The van der Waals surface area contributed by atoms with Crippen LogP contribution >= 0.6 is 0 Å². The first-order chi connectivity index (χ1) is 12.8. The Hall–Kier alpha value is -1.75. The van der Waals surface area contributed by atoms with Gasteiger partial charge in [0.05, 0.1) is 6.26 Å². The molecule has 5 heteroatoms. The van der Waals surface area contributed by atoms with Gasteiger partial charge in [-0.05, 0) is 37.8 Å². The van der Waals surface area contributed by atoms with Crippen molar-refractivity contribution in [1.29, 1.82) is 0 Å². The van der Waals surface area contributed by atoms with E-state index in [1.807, 2.05) is 18.2 Å². The SMILES string of the molecule is C=CCNC(=NCCc1ccco1)NC1CCN(C2CCCCC2)CC1. The number of furan rings is 1. The molecule has 1 aliphatic heterocycles. The lowest BCUT2D eigenvalue weighted by atomic mass is 9.92. The lowest BCUT2D eigenvalue weighted by molar-refractivity contribution is 0.119. The third kappa shape index (κ3) is 5.90. The molecular formula is C21H34N4O. The first kappa shape index (κ1) is 19.0. The van der Waals surface area contributed by atoms with Crippen LogP contribution in [0.15, 0.2) is 40.5 Å². The Morgan fingerprint density at radius 1 is 1.23 bits per heavy atom. The zero-order valence-electron chi connectivity index (χ0n) is 16.0. The minimum absolute atomic E-state index is 0.509. The predicted molar refractivity (Wildman–Crippen MR) is 108 cm³/mol. The van der Waals surface area contributed by atoms with E-state index >= 15 is 0 Å². The van der Waals surface area contributed by atoms with Crippen molar-refractivity contribution < 1.29 is 4.42 Å². The van der Waals surface area contributed by atoms with Gasteiger partial charge >= 0.3 is 0 Å². The van der Waals surface area contributed by atoms with E-state index in [9.17, 15) is 0 Å². The average Bonchev–Trinajstić information content (AvgIpc) is 3.21. The molecule has 0 bridgehead atoms. The molecule has 5 nitrogen and oxygen atoms in total. The summed E-state index contributed by atoms with van der Waals surface area (Å²) in [6.07, 6.45) is 13.9. The molecule has 2 aliphatic rings. The molecule has 0 aromatic carbocycles. The molecule has 0 radical (unpaired) electrons. The van der Waals surface area contributed by atoms with Crippen molar-refractivity contribution in [2.24, 2.45) is 4.99 Å². The van der Waals surface area contributed by atoms with Crippen molar-refractivity contribution in [3.05, 3.63) is 36.8 Å². The average molecular weight is 359 g/mol. The van der Waals surface area contributed by atoms with Gasteiger partial charge < -0.3 is 20.0 Å². The molecule has 1 aliphatic carbocycles. The number of guanidine groups is 1.